The van der Waals surface area contributed by atoms with E-state index in [1.807, 2.05) is 0 Å². The average Bonchev–Trinajstić information content (AvgIpc) is 3.17. The van der Waals surface area contributed by atoms with Crippen LogP contribution in [0.2, 0.25) is 0 Å². The number of ether oxygens (including phenoxy) is 1. The zero-order chi connectivity index (χ0) is 16.1. The first-order valence-electron chi connectivity index (χ1n) is 8.94. The van der Waals surface area contributed by atoms with Crippen molar-refractivity contribution in [3.05, 3.63) is 0 Å². The van der Waals surface area contributed by atoms with Gasteiger partial charge in [-0.2, -0.15) is 0 Å². The maximum atomic E-state index is 11.6. The summed E-state index contributed by atoms with van der Waals surface area (Å²) in [7, 11) is -2.81. The maximum absolute atomic E-state index is 11.6. The van der Waals surface area contributed by atoms with Crippen molar-refractivity contribution in [2.24, 2.45) is 16.8 Å². The van der Waals surface area contributed by atoms with Crippen LogP contribution in [0.25, 0.3) is 0 Å². The standard InChI is InChI=1S/C16H29N3O3S/c20-23(21)9-5-15(13-23)11-18-16(19-6-2-1-3-7-19)17-10-14-4-8-22-12-14/h14-15H,1-13H2,(H,17,18). The van der Waals surface area contributed by atoms with Gasteiger partial charge in [0.05, 0.1) is 18.1 Å². The van der Waals surface area contributed by atoms with Gasteiger partial charge in [0.1, 0.15) is 0 Å². The third-order valence-corrected chi connectivity index (χ3v) is 6.89. The molecule has 132 valence electrons. The summed E-state index contributed by atoms with van der Waals surface area (Å²) in [6.45, 7) is 5.33. The molecule has 0 amide bonds. The smallest absolute Gasteiger partial charge is 0.193 e. The number of nitrogens with one attached hydrogen (secondary N) is 1. The van der Waals surface area contributed by atoms with Crippen molar-refractivity contribution in [1.82, 2.24) is 10.2 Å². The van der Waals surface area contributed by atoms with E-state index in [1.54, 1.807) is 0 Å². The van der Waals surface area contributed by atoms with Gasteiger partial charge in [-0.3, -0.25) is 4.99 Å². The Morgan fingerprint density at radius 3 is 2.65 bits per heavy atom. The predicted molar refractivity (Wildman–Crippen MR) is 91.4 cm³/mol. The first-order valence-corrected chi connectivity index (χ1v) is 10.8. The topological polar surface area (TPSA) is 71.0 Å². The number of aliphatic imine (C=N–C) groups is 1. The van der Waals surface area contributed by atoms with Crippen LogP contribution < -0.4 is 5.32 Å². The molecule has 3 aliphatic heterocycles. The van der Waals surface area contributed by atoms with E-state index in [0.717, 1.165) is 51.6 Å². The van der Waals surface area contributed by atoms with Gasteiger partial charge in [-0.25, -0.2) is 8.42 Å². The van der Waals surface area contributed by atoms with Gasteiger partial charge in [-0.1, -0.05) is 0 Å². The Bertz CT molecular complexity index is 509. The van der Waals surface area contributed by atoms with Crippen LogP contribution in [0.15, 0.2) is 4.99 Å². The summed E-state index contributed by atoms with van der Waals surface area (Å²) in [5.74, 6) is 2.37. The van der Waals surface area contributed by atoms with Crippen LogP contribution in [-0.2, 0) is 14.6 Å². The van der Waals surface area contributed by atoms with E-state index in [9.17, 15) is 8.42 Å². The number of guanidine groups is 1. The number of likely N-dealkylation sites (tertiary alicyclic amines) is 1. The molecule has 3 saturated heterocycles. The van der Waals surface area contributed by atoms with E-state index in [0.29, 0.717) is 24.0 Å². The van der Waals surface area contributed by atoms with Crippen LogP contribution in [0.1, 0.15) is 32.1 Å². The molecule has 0 radical (unpaired) electrons. The van der Waals surface area contributed by atoms with Crippen LogP contribution in [0, 0.1) is 11.8 Å². The van der Waals surface area contributed by atoms with Crippen molar-refractivity contribution in [1.29, 1.82) is 0 Å². The molecule has 0 aromatic heterocycles. The summed E-state index contributed by atoms with van der Waals surface area (Å²) >= 11 is 0. The van der Waals surface area contributed by atoms with Crippen LogP contribution in [-0.4, -0.2) is 70.2 Å². The van der Waals surface area contributed by atoms with E-state index >= 15 is 0 Å². The van der Waals surface area contributed by atoms with Crippen molar-refractivity contribution in [2.75, 3.05) is 50.9 Å². The molecule has 1 N–H and O–H groups in total. The molecule has 3 heterocycles. The highest BCUT2D eigenvalue weighted by Crippen LogP contribution is 2.19. The fraction of sp³-hybridized carbons (Fsp3) is 0.938. The molecule has 23 heavy (non-hydrogen) atoms. The van der Waals surface area contributed by atoms with E-state index < -0.39 is 9.84 Å². The third-order valence-electron chi connectivity index (χ3n) is 5.05. The normalized spacial score (nSPS) is 31.5. The summed E-state index contributed by atoms with van der Waals surface area (Å²) in [5.41, 5.74) is 0. The van der Waals surface area contributed by atoms with Gasteiger partial charge in [-0.05, 0) is 38.0 Å². The third kappa shape index (κ3) is 5.08. The van der Waals surface area contributed by atoms with Gasteiger partial charge in [0.2, 0.25) is 0 Å². The Labute approximate surface area is 139 Å². The van der Waals surface area contributed by atoms with Crippen molar-refractivity contribution in [3.8, 4) is 0 Å². The molecular weight excluding hydrogens is 314 g/mol. The minimum absolute atomic E-state index is 0.191. The average molecular weight is 343 g/mol. The van der Waals surface area contributed by atoms with Gasteiger partial charge < -0.3 is 15.0 Å². The highest BCUT2D eigenvalue weighted by molar-refractivity contribution is 7.91. The van der Waals surface area contributed by atoms with Gasteiger partial charge in [0, 0.05) is 38.7 Å². The first kappa shape index (κ1) is 17.0. The second kappa shape index (κ2) is 7.83. The van der Waals surface area contributed by atoms with E-state index in [1.165, 1.54) is 19.3 Å². The minimum atomic E-state index is -2.81. The monoisotopic (exact) mass is 343 g/mol. The van der Waals surface area contributed by atoms with Gasteiger partial charge in [0.25, 0.3) is 0 Å². The highest BCUT2D eigenvalue weighted by atomic mass is 32.2. The zero-order valence-electron chi connectivity index (χ0n) is 13.9. The molecule has 0 saturated carbocycles. The number of hydrogen-bond donors (Lipinski definition) is 1. The van der Waals surface area contributed by atoms with Crippen LogP contribution in [0.5, 0.6) is 0 Å². The van der Waals surface area contributed by atoms with Crippen molar-refractivity contribution in [3.63, 3.8) is 0 Å². The van der Waals surface area contributed by atoms with Crippen molar-refractivity contribution < 1.29 is 13.2 Å². The first-order chi connectivity index (χ1) is 11.1. The van der Waals surface area contributed by atoms with E-state index in [4.69, 9.17) is 9.73 Å². The van der Waals surface area contributed by atoms with Gasteiger partial charge in [-0.15, -0.1) is 0 Å². The molecule has 7 heteroatoms. The number of rotatable bonds is 4. The molecule has 0 bridgehead atoms. The Hall–Kier alpha value is -0.820. The number of nitrogens with zero attached hydrogens (tertiary/aromatic N) is 2. The Morgan fingerprint density at radius 1 is 1.17 bits per heavy atom. The van der Waals surface area contributed by atoms with Crippen molar-refractivity contribution in [2.45, 2.75) is 32.1 Å². The van der Waals surface area contributed by atoms with Gasteiger partial charge in [0.15, 0.2) is 15.8 Å². The lowest BCUT2D eigenvalue weighted by Gasteiger charge is -2.31. The molecule has 2 atom stereocenters. The summed E-state index contributed by atoms with van der Waals surface area (Å²) < 4.78 is 28.6. The predicted octanol–water partition coefficient (Wildman–Crippen LogP) is 0.889. The molecule has 0 aliphatic carbocycles. The molecule has 0 spiro atoms. The van der Waals surface area contributed by atoms with Crippen molar-refractivity contribution >= 4 is 15.8 Å². The second-order valence-electron chi connectivity index (χ2n) is 7.09. The van der Waals surface area contributed by atoms with E-state index in [2.05, 4.69) is 10.2 Å². The summed E-state index contributed by atoms with van der Waals surface area (Å²) in [6.07, 6.45) is 5.59. The second-order valence-corrected chi connectivity index (χ2v) is 9.32. The quantitative estimate of drug-likeness (QED) is 0.606. The van der Waals surface area contributed by atoms with E-state index in [-0.39, 0.29) is 5.92 Å². The fourth-order valence-electron chi connectivity index (χ4n) is 3.58. The molecule has 6 nitrogen and oxygen atoms in total. The molecule has 0 aromatic carbocycles. The Kier molecular flexibility index (Phi) is 5.80. The Morgan fingerprint density at radius 2 is 2.00 bits per heavy atom. The largest absolute Gasteiger partial charge is 0.381 e. The van der Waals surface area contributed by atoms with Gasteiger partial charge >= 0.3 is 0 Å². The molecule has 0 aromatic rings. The molecule has 3 aliphatic rings. The number of hydrogen-bond acceptors (Lipinski definition) is 4. The Balaban J connectivity index is 1.57. The van der Waals surface area contributed by atoms with Crippen LogP contribution in [0.4, 0.5) is 0 Å². The molecule has 2 unspecified atom stereocenters. The lowest BCUT2D eigenvalue weighted by Crippen LogP contribution is -2.46. The molecule has 3 fully saturated rings. The molecule has 3 rings (SSSR count). The fourth-order valence-corrected chi connectivity index (χ4v) is 5.43. The lowest BCUT2D eigenvalue weighted by atomic mass is 10.1. The maximum Gasteiger partial charge on any atom is 0.193 e. The summed E-state index contributed by atoms with van der Waals surface area (Å²) in [5, 5.41) is 3.52. The summed E-state index contributed by atoms with van der Waals surface area (Å²) in [6, 6.07) is 0. The minimum Gasteiger partial charge on any atom is -0.381 e. The number of piperidine rings is 1. The van der Waals surface area contributed by atoms with Crippen LogP contribution >= 0.6 is 0 Å². The molecular formula is C16H29N3O3S. The summed E-state index contributed by atoms with van der Waals surface area (Å²) in [4.78, 5) is 7.12. The number of sulfone groups is 1. The highest BCUT2D eigenvalue weighted by Gasteiger charge is 2.28. The lowest BCUT2D eigenvalue weighted by molar-refractivity contribution is 0.186. The zero-order valence-corrected chi connectivity index (χ0v) is 14.7. The SMILES string of the molecule is O=S1(=O)CCC(CN=C(NCC2CCOC2)N2CCCCC2)C1. The van der Waals surface area contributed by atoms with Crippen LogP contribution in [0.3, 0.4) is 0 Å².